The van der Waals surface area contributed by atoms with Crippen molar-refractivity contribution in [2.45, 2.75) is 36.8 Å². The first-order chi connectivity index (χ1) is 15.0. The fourth-order valence-corrected chi connectivity index (χ4v) is 5.71. The van der Waals surface area contributed by atoms with Crippen molar-refractivity contribution in [1.82, 2.24) is 4.98 Å². The minimum absolute atomic E-state index is 0.163. The number of aromatic carboxylic acids is 1. The molecular formula is C26H23NO3S. The minimum Gasteiger partial charge on any atom is -0.478 e. The fourth-order valence-electron chi connectivity index (χ4n) is 4.32. The van der Waals surface area contributed by atoms with Crippen molar-refractivity contribution in [3.8, 4) is 22.4 Å². The van der Waals surface area contributed by atoms with Crippen LogP contribution in [0.1, 0.15) is 41.3 Å². The Morgan fingerprint density at radius 1 is 1.03 bits per heavy atom. The van der Waals surface area contributed by atoms with Crippen molar-refractivity contribution in [3.63, 3.8) is 0 Å². The normalized spacial score (nSPS) is 14.9. The van der Waals surface area contributed by atoms with Gasteiger partial charge in [-0.2, -0.15) is 0 Å². The molecule has 5 heteroatoms. The second kappa shape index (κ2) is 7.82. The van der Waals surface area contributed by atoms with Crippen molar-refractivity contribution in [3.05, 3.63) is 77.4 Å². The number of fused-ring (bicyclic) bond motifs is 5. The number of aromatic amines is 1. The smallest absolute Gasteiger partial charge is 0.335 e. The van der Waals surface area contributed by atoms with Crippen LogP contribution < -0.4 is 0 Å². The standard InChI is InChI=1S/C26H23NO3S/c1-2-3-4-16-5-7-17(8-6-16)18-9-11-20-22-15-31(30)24-14-19(26(28)29)10-12-21(24)25(22)27-23(20)13-18/h5-14,27H,2-4,15H2,1H3,(H,28,29). The molecule has 0 bridgehead atoms. The number of carboxylic acids is 1. The first-order valence-electron chi connectivity index (χ1n) is 10.5. The van der Waals surface area contributed by atoms with Crippen LogP contribution in [0.15, 0.2) is 65.6 Å². The monoisotopic (exact) mass is 429 g/mol. The summed E-state index contributed by atoms with van der Waals surface area (Å²) in [7, 11) is -1.27. The van der Waals surface area contributed by atoms with E-state index in [0.29, 0.717) is 10.6 Å². The van der Waals surface area contributed by atoms with Crippen LogP contribution in [0.4, 0.5) is 0 Å². The van der Waals surface area contributed by atoms with E-state index in [-0.39, 0.29) is 5.56 Å². The molecule has 0 radical (unpaired) electrons. The number of unbranched alkanes of at least 4 members (excludes halogenated alkanes) is 1. The van der Waals surface area contributed by atoms with Gasteiger partial charge in [0.15, 0.2) is 0 Å². The molecule has 0 saturated carbocycles. The second-order valence-electron chi connectivity index (χ2n) is 8.05. The Morgan fingerprint density at radius 3 is 2.55 bits per heavy atom. The molecule has 0 aliphatic carbocycles. The van der Waals surface area contributed by atoms with E-state index in [9.17, 15) is 14.1 Å². The van der Waals surface area contributed by atoms with Crippen LogP contribution in [0.3, 0.4) is 0 Å². The van der Waals surface area contributed by atoms with Gasteiger partial charge in [-0.3, -0.25) is 4.21 Å². The second-order valence-corrected chi connectivity index (χ2v) is 9.46. The zero-order valence-electron chi connectivity index (χ0n) is 17.3. The van der Waals surface area contributed by atoms with E-state index in [4.69, 9.17) is 0 Å². The Kier molecular flexibility index (Phi) is 4.98. The molecule has 156 valence electrons. The summed E-state index contributed by atoms with van der Waals surface area (Å²) >= 11 is 0. The lowest BCUT2D eigenvalue weighted by molar-refractivity contribution is 0.0696. The minimum atomic E-state index is -1.27. The zero-order chi connectivity index (χ0) is 21.5. The third-order valence-electron chi connectivity index (χ3n) is 6.03. The number of hydrogen-bond acceptors (Lipinski definition) is 2. The van der Waals surface area contributed by atoms with E-state index in [1.807, 2.05) is 0 Å². The fraction of sp³-hybridized carbons (Fsp3) is 0.192. The highest BCUT2D eigenvalue weighted by Crippen LogP contribution is 2.40. The average Bonchev–Trinajstić information content (AvgIpc) is 3.15. The number of nitrogens with one attached hydrogen (secondary N) is 1. The van der Waals surface area contributed by atoms with Crippen LogP contribution in [0.2, 0.25) is 0 Å². The number of aromatic nitrogens is 1. The Hall–Kier alpha value is -3.18. The Morgan fingerprint density at radius 2 is 1.81 bits per heavy atom. The largest absolute Gasteiger partial charge is 0.478 e. The molecule has 0 saturated heterocycles. The maximum Gasteiger partial charge on any atom is 0.335 e. The summed E-state index contributed by atoms with van der Waals surface area (Å²) in [5.41, 5.74) is 7.63. The van der Waals surface area contributed by atoms with E-state index in [0.717, 1.165) is 39.7 Å². The van der Waals surface area contributed by atoms with Gasteiger partial charge in [0.2, 0.25) is 0 Å². The van der Waals surface area contributed by atoms with Crippen molar-refractivity contribution in [2.75, 3.05) is 0 Å². The molecule has 31 heavy (non-hydrogen) atoms. The number of carbonyl (C=O) groups is 1. The highest BCUT2D eigenvalue weighted by molar-refractivity contribution is 7.84. The predicted molar refractivity (Wildman–Crippen MR) is 125 cm³/mol. The van der Waals surface area contributed by atoms with Gasteiger partial charge in [-0.25, -0.2) is 4.79 Å². The lowest BCUT2D eigenvalue weighted by atomic mass is 10.00. The summed E-state index contributed by atoms with van der Waals surface area (Å²) < 4.78 is 12.9. The number of carboxylic acid groups (broad SMARTS) is 1. The topological polar surface area (TPSA) is 70.2 Å². The van der Waals surface area contributed by atoms with Gasteiger partial charge in [0.05, 0.1) is 27.8 Å². The molecule has 0 amide bonds. The summed E-state index contributed by atoms with van der Waals surface area (Å²) in [6, 6.07) is 20.0. The zero-order valence-corrected chi connectivity index (χ0v) is 18.1. The van der Waals surface area contributed by atoms with Crippen LogP contribution in [0.5, 0.6) is 0 Å². The Labute approximate surface area is 183 Å². The van der Waals surface area contributed by atoms with Gasteiger partial charge >= 0.3 is 5.97 Å². The van der Waals surface area contributed by atoms with Gasteiger partial charge in [0.1, 0.15) is 0 Å². The van der Waals surface area contributed by atoms with E-state index in [1.165, 1.54) is 30.0 Å². The molecule has 4 nitrogen and oxygen atoms in total. The van der Waals surface area contributed by atoms with Crippen LogP contribution in [0, 0.1) is 0 Å². The third-order valence-corrected chi connectivity index (χ3v) is 7.41. The SMILES string of the molecule is CCCCc1ccc(-c2ccc3c4c([nH]c3c2)-c2ccc(C(=O)O)cc2S(=O)C4)cc1. The summed E-state index contributed by atoms with van der Waals surface area (Å²) in [5, 5.41) is 10.3. The van der Waals surface area contributed by atoms with Crippen LogP contribution >= 0.6 is 0 Å². The maximum absolute atomic E-state index is 12.9. The van der Waals surface area contributed by atoms with Gasteiger partial charge < -0.3 is 10.1 Å². The lowest BCUT2D eigenvalue weighted by Crippen LogP contribution is -2.08. The van der Waals surface area contributed by atoms with E-state index in [1.54, 1.807) is 12.1 Å². The lowest BCUT2D eigenvalue weighted by Gasteiger charge is -2.16. The van der Waals surface area contributed by atoms with E-state index in [2.05, 4.69) is 54.4 Å². The van der Waals surface area contributed by atoms with Crippen LogP contribution in [-0.2, 0) is 23.0 Å². The first kappa shape index (κ1) is 19.8. The molecule has 0 spiro atoms. The third kappa shape index (κ3) is 3.49. The van der Waals surface area contributed by atoms with E-state index >= 15 is 0 Å². The van der Waals surface area contributed by atoms with Crippen molar-refractivity contribution in [2.24, 2.45) is 0 Å². The molecular weight excluding hydrogens is 406 g/mol. The number of hydrogen-bond donors (Lipinski definition) is 2. The van der Waals surface area contributed by atoms with E-state index < -0.39 is 16.8 Å². The summed E-state index contributed by atoms with van der Waals surface area (Å²) in [5.74, 6) is -0.621. The van der Waals surface area contributed by atoms with Crippen LogP contribution in [0.25, 0.3) is 33.3 Å². The summed E-state index contributed by atoms with van der Waals surface area (Å²) in [6.07, 6.45) is 3.51. The molecule has 2 heterocycles. The van der Waals surface area contributed by atoms with Crippen LogP contribution in [-0.4, -0.2) is 20.3 Å². The Balaban J connectivity index is 1.55. The molecule has 1 unspecified atom stereocenters. The van der Waals surface area contributed by atoms with Crippen molar-refractivity contribution in [1.29, 1.82) is 0 Å². The van der Waals surface area contributed by atoms with Gasteiger partial charge in [-0.1, -0.05) is 55.8 Å². The van der Waals surface area contributed by atoms with Gasteiger partial charge in [-0.15, -0.1) is 0 Å². The molecule has 1 atom stereocenters. The molecule has 3 aromatic carbocycles. The molecule has 4 aromatic rings. The Bertz CT molecular complexity index is 1340. The number of aryl methyl sites for hydroxylation is 1. The first-order valence-corrected chi connectivity index (χ1v) is 11.9. The summed E-state index contributed by atoms with van der Waals surface area (Å²) in [4.78, 5) is 15.4. The maximum atomic E-state index is 12.9. The molecule has 1 aromatic heterocycles. The van der Waals surface area contributed by atoms with Gasteiger partial charge in [0.25, 0.3) is 0 Å². The number of rotatable bonds is 5. The van der Waals surface area contributed by atoms with Crippen molar-refractivity contribution < 1.29 is 14.1 Å². The summed E-state index contributed by atoms with van der Waals surface area (Å²) in [6.45, 7) is 2.21. The highest BCUT2D eigenvalue weighted by atomic mass is 32.2. The molecule has 0 fully saturated rings. The van der Waals surface area contributed by atoms with Gasteiger partial charge in [-0.05, 0) is 53.3 Å². The number of H-pyrrole nitrogens is 1. The molecule has 1 aliphatic rings. The van der Waals surface area contributed by atoms with Crippen molar-refractivity contribution >= 4 is 27.7 Å². The highest BCUT2D eigenvalue weighted by Gasteiger charge is 2.26. The quantitative estimate of drug-likeness (QED) is 0.399. The predicted octanol–water partition coefficient (Wildman–Crippen LogP) is 6.16. The molecule has 2 N–H and O–H groups in total. The molecule has 5 rings (SSSR count). The van der Waals surface area contributed by atoms with Gasteiger partial charge in [0, 0.05) is 21.4 Å². The number of benzene rings is 3. The molecule has 1 aliphatic heterocycles. The average molecular weight is 430 g/mol.